The minimum atomic E-state index is -0.704. The Balaban J connectivity index is 1.54. The Bertz CT molecular complexity index is 1660. The molecule has 186 valence electrons. The summed E-state index contributed by atoms with van der Waals surface area (Å²) in [6, 6.07) is 19.9. The number of methoxy groups -OCH3 is 1. The summed E-state index contributed by atoms with van der Waals surface area (Å²) < 4.78 is 39.6. The Morgan fingerprint density at radius 3 is 2.43 bits per heavy atom. The summed E-state index contributed by atoms with van der Waals surface area (Å²) >= 11 is 0. The van der Waals surface area contributed by atoms with E-state index in [0.717, 1.165) is 50.5 Å². The summed E-state index contributed by atoms with van der Waals surface area (Å²) in [5.41, 5.74) is 4.67. The summed E-state index contributed by atoms with van der Waals surface area (Å²) in [5.74, 6) is -1.29. The molecule has 1 N–H and O–H groups in total. The molecule has 37 heavy (non-hydrogen) atoms. The second-order valence-electron chi connectivity index (χ2n) is 8.88. The number of aryl methyl sites for hydroxylation is 1. The standard InChI is InChI=1S/C31H25F2NO3/c1-18(14-29(35)34-16-25-27(32)12-7-13-28(25)33)23-15-24-26(17-37-31(24)19(2)30(23)36-3)22-11-6-9-20-8-4-5-10-21(20)22/h4-15,17H,16H2,1-3H3,(H,34,35)/b18-14+. The fourth-order valence-corrected chi connectivity index (χ4v) is 4.74. The van der Waals surface area contributed by atoms with Crippen molar-refractivity contribution in [3.63, 3.8) is 0 Å². The van der Waals surface area contributed by atoms with Crippen molar-refractivity contribution in [2.75, 3.05) is 7.11 Å². The van der Waals surface area contributed by atoms with Gasteiger partial charge in [0.15, 0.2) is 0 Å². The molecule has 0 aliphatic rings. The molecule has 0 fully saturated rings. The predicted molar refractivity (Wildman–Crippen MR) is 142 cm³/mol. The zero-order valence-electron chi connectivity index (χ0n) is 20.7. The largest absolute Gasteiger partial charge is 0.496 e. The lowest BCUT2D eigenvalue weighted by Crippen LogP contribution is -2.22. The fraction of sp³-hybridized carbons (Fsp3) is 0.129. The summed E-state index contributed by atoms with van der Waals surface area (Å²) in [4.78, 5) is 12.7. The fourth-order valence-electron chi connectivity index (χ4n) is 4.74. The lowest BCUT2D eigenvalue weighted by atomic mass is 9.94. The van der Waals surface area contributed by atoms with Crippen molar-refractivity contribution in [3.05, 3.63) is 107 Å². The number of hydrogen-bond donors (Lipinski definition) is 1. The van der Waals surface area contributed by atoms with Crippen LogP contribution in [0.15, 0.2) is 83.5 Å². The van der Waals surface area contributed by atoms with E-state index in [4.69, 9.17) is 9.15 Å². The number of ether oxygens (including phenoxy) is 1. The summed E-state index contributed by atoms with van der Waals surface area (Å²) in [7, 11) is 1.57. The van der Waals surface area contributed by atoms with Crippen molar-refractivity contribution in [3.8, 4) is 16.9 Å². The van der Waals surface area contributed by atoms with Crippen LogP contribution < -0.4 is 10.1 Å². The molecule has 1 heterocycles. The lowest BCUT2D eigenvalue weighted by molar-refractivity contribution is -0.116. The van der Waals surface area contributed by atoms with E-state index in [1.165, 1.54) is 12.1 Å². The van der Waals surface area contributed by atoms with Gasteiger partial charge in [-0.3, -0.25) is 4.79 Å². The molecule has 5 aromatic rings. The molecule has 6 heteroatoms. The second kappa shape index (κ2) is 9.90. The average molecular weight is 498 g/mol. The molecular weight excluding hydrogens is 472 g/mol. The number of benzene rings is 4. The summed E-state index contributed by atoms with van der Waals surface area (Å²) in [6.07, 6.45) is 3.15. The molecule has 5 rings (SSSR count). The van der Waals surface area contributed by atoms with Gasteiger partial charge in [-0.2, -0.15) is 0 Å². The van der Waals surface area contributed by atoms with Crippen LogP contribution in [0.4, 0.5) is 8.78 Å². The Labute approximate surface area is 213 Å². The van der Waals surface area contributed by atoms with Gasteiger partial charge in [-0.1, -0.05) is 48.5 Å². The number of nitrogens with one attached hydrogen (secondary N) is 1. The Kier molecular flexibility index (Phi) is 6.49. The molecule has 0 saturated carbocycles. The zero-order chi connectivity index (χ0) is 26.1. The van der Waals surface area contributed by atoms with Gasteiger partial charge in [0, 0.05) is 40.3 Å². The minimum Gasteiger partial charge on any atom is -0.496 e. The molecule has 0 bridgehead atoms. The molecule has 0 saturated heterocycles. The van der Waals surface area contributed by atoms with E-state index in [0.29, 0.717) is 16.9 Å². The highest BCUT2D eigenvalue weighted by Gasteiger charge is 2.20. The van der Waals surface area contributed by atoms with E-state index in [1.807, 2.05) is 31.2 Å². The van der Waals surface area contributed by atoms with Gasteiger partial charge in [-0.25, -0.2) is 8.78 Å². The third-order valence-electron chi connectivity index (χ3n) is 6.60. The molecule has 1 amide bonds. The van der Waals surface area contributed by atoms with Gasteiger partial charge in [0.1, 0.15) is 23.0 Å². The van der Waals surface area contributed by atoms with Crippen LogP contribution in [-0.2, 0) is 11.3 Å². The third-order valence-corrected chi connectivity index (χ3v) is 6.60. The molecule has 0 spiro atoms. The van der Waals surface area contributed by atoms with Crippen LogP contribution in [-0.4, -0.2) is 13.0 Å². The van der Waals surface area contributed by atoms with Crippen molar-refractivity contribution in [2.24, 2.45) is 0 Å². The van der Waals surface area contributed by atoms with Crippen molar-refractivity contribution in [1.29, 1.82) is 0 Å². The molecule has 0 radical (unpaired) electrons. The van der Waals surface area contributed by atoms with E-state index >= 15 is 0 Å². The quantitative estimate of drug-likeness (QED) is 0.246. The normalized spacial score (nSPS) is 11.8. The van der Waals surface area contributed by atoms with Gasteiger partial charge in [-0.15, -0.1) is 0 Å². The molecule has 1 aromatic heterocycles. The number of fused-ring (bicyclic) bond motifs is 2. The monoisotopic (exact) mass is 497 g/mol. The predicted octanol–water partition coefficient (Wildman–Crippen LogP) is 7.57. The molecule has 0 atom stereocenters. The lowest BCUT2D eigenvalue weighted by Gasteiger charge is -2.14. The first-order chi connectivity index (χ1) is 17.9. The molecule has 4 nitrogen and oxygen atoms in total. The Morgan fingerprint density at radius 2 is 1.68 bits per heavy atom. The van der Waals surface area contributed by atoms with Gasteiger partial charge in [0.25, 0.3) is 0 Å². The number of rotatable bonds is 6. The highest BCUT2D eigenvalue weighted by molar-refractivity contribution is 6.07. The van der Waals surface area contributed by atoms with E-state index in [9.17, 15) is 13.6 Å². The van der Waals surface area contributed by atoms with E-state index in [2.05, 4.69) is 29.6 Å². The number of allylic oxidation sites excluding steroid dienone is 1. The third kappa shape index (κ3) is 4.47. The maximum atomic E-state index is 13.9. The minimum absolute atomic E-state index is 0.185. The number of hydrogen-bond acceptors (Lipinski definition) is 3. The Morgan fingerprint density at radius 1 is 0.973 bits per heavy atom. The van der Waals surface area contributed by atoms with Crippen LogP contribution in [0.25, 0.3) is 38.4 Å². The number of amides is 1. The number of carbonyl (C=O) groups is 1. The van der Waals surface area contributed by atoms with Crippen molar-refractivity contribution < 1.29 is 22.7 Å². The van der Waals surface area contributed by atoms with E-state index in [1.54, 1.807) is 20.3 Å². The van der Waals surface area contributed by atoms with Gasteiger partial charge < -0.3 is 14.5 Å². The first-order valence-electron chi connectivity index (χ1n) is 11.9. The highest BCUT2D eigenvalue weighted by Crippen LogP contribution is 2.42. The topological polar surface area (TPSA) is 51.5 Å². The first kappa shape index (κ1) is 24.3. The maximum absolute atomic E-state index is 13.9. The van der Waals surface area contributed by atoms with Crippen molar-refractivity contribution in [1.82, 2.24) is 5.32 Å². The van der Waals surface area contributed by atoms with Gasteiger partial charge in [0.2, 0.25) is 5.91 Å². The number of furan rings is 1. The maximum Gasteiger partial charge on any atom is 0.244 e. The molecule has 4 aromatic carbocycles. The highest BCUT2D eigenvalue weighted by atomic mass is 19.1. The van der Waals surface area contributed by atoms with Gasteiger partial charge in [0.05, 0.1) is 13.4 Å². The smallest absolute Gasteiger partial charge is 0.244 e. The second-order valence-corrected chi connectivity index (χ2v) is 8.88. The SMILES string of the molecule is COc1c(/C(C)=C/C(=O)NCc2c(F)cccc2F)cc2c(-c3cccc4ccccc34)coc2c1C. The zero-order valence-corrected chi connectivity index (χ0v) is 20.7. The average Bonchev–Trinajstić information content (AvgIpc) is 3.32. The number of carbonyl (C=O) groups excluding carboxylic acids is 1. The van der Waals surface area contributed by atoms with Crippen LogP contribution in [0.2, 0.25) is 0 Å². The molecule has 0 aliphatic heterocycles. The van der Waals surface area contributed by atoms with Crippen LogP contribution in [0.3, 0.4) is 0 Å². The summed E-state index contributed by atoms with van der Waals surface area (Å²) in [5, 5.41) is 5.69. The van der Waals surface area contributed by atoms with Crippen LogP contribution >= 0.6 is 0 Å². The first-order valence-corrected chi connectivity index (χ1v) is 11.9. The van der Waals surface area contributed by atoms with Crippen LogP contribution in [0.5, 0.6) is 5.75 Å². The molecule has 0 unspecified atom stereocenters. The summed E-state index contributed by atoms with van der Waals surface area (Å²) in [6.45, 7) is 3.45. The number of halogens is 2. The van der Waals surface area contributed by atoms with Crippen molar-refractivity contribution >= 4 is 33.2 Å². The van der Waals surface area contributed by atoms with Crippen molar-refractivity contribution in [2.45, 2.75) is 20.4 Å². The van der Waals surface area contributed by atoms with Crippen LogP contribution in [0.1, 0.15) is 23.6 Å². The van der Waals surface area contributed by atoms with E-state index in [-0.39, 0.29) is 12.1 Å². The Hall–Kier alpha value is -4.45. The van der Waals surface area contributed by atoms with Gasteiger partial charge in [-0.05, 0) is 54.0 Å². The van der Waals surface area contributed by atoms with E-state index < -0.39 is 17.5 Å². The van der Waals surface area contributed by atoms with Crippen LogP contribution in [0, 0.1) is 18.6 Å². The molecule has 0 aliphatic carbocycles. The molecular formula is C31H25F2NO3. The van der Waals surface area contributed by atoms with Gasteiger partial charge >= 0.3 is 0 Å².